The fraction of sp³-hybridized carbons (Fsp3) is 0.529. The van der Waals surface area contributed by atoms with Crippen LogP contribution in [0.4, 0.5) is 0 Å². The second-order valence-corrected chi connectivity index (χ2v) is 7.52. The fourth-order valence-electron chi connectivity index (χ4n) is 3.08. The molecular weight excluding hydrogens is 348 g/mol. The number of halogens is 1. The van der Waals surface area contributed by atoms with E-state index in [4.69, 9.17) is 16.3 Å². The molecule has 130 valence electrons. The van der Waals surface area contributed by atoms with E-state index in [1.54, 1.807) is 40.9 Å². The van der Waals surface area contributed by atoms with Crippen molar-refractivity contribution in [2.45, 2.75) is 24.8 Å². The quantitative estimate of drug-likeness (QED) is 0.822. The minimum absolute atomic E-state index is 0.0307. The van der Waals surface area contributed by atoms with Crippen molar-refractivity contribution in [1.29, 1.82) is 0 Å². The minimum Gasteiger partial charge on any atom is -0.378 e. The molecule has 2 fully saturated rings. The highest BCUT2D eigenvalue weighted by Gasteiger charge is 2.42. The maximum absolute atomic E-state index is 13.0. The van der Waals surface area contributed by atoms with E-state index < -0.39 is 6.04 Å². The summed E-state index contributed by atoms with van der Waals surface area (Å²) in [5.41, 5.74) is 0.570. The normalized spacial score (nSPS) is 24.2. The smallest absolute Gasteiger partial charge is 0.255 e. The summed E-state index contributed by atoms with van der Waals surface area (Å²) >= 11 is 7.59. The average molecular weight is 369 g/mol. The van der Waals surface area contributed by atoms with Gasteiger partial charge < -0.3 is 14.5 Å². The van der Waals surface area contributed by atoms with Crippen molar-refractivity contribution in [2.24, 2.45) is 0 Å². The number of thioether (sulfide) groups is 1. The van der Waals surface area contributed by atoms with E-state index in [0.717, 1.165) is 6.42 Å². The standard InChI is InChI=1S/C17H21ClN2O3S/c1-2-15-20(16(21)12-3-5-13(18)6-4-12)14(11-24-15)17(22)19-7-9-23-10-8-19/h3-6,14-15H,2,7-11H2,1H3/t14-,15+/m0/s1. The van der Waals surface area contributed by atoms with Crippen LogP contribution in [0.2, 0.25) is 5.02 Å². The number of benzene rings is 1. The van der Waals surface area contributed by atoms with Gasteiger partial charge in [0.15, 0.2) is 0 Å². The predicted octanol–water partition coefficient (Wildman–Crippen LogP) is 2.49. The first kappa shape index (κ1) is 17.6. The molecule has 1 aromatic carbocycles. The number of nitrogens with zero attached hydrogens (tertiary/aromatic N) is 2. The Morgan fingerprint density at radius 1 is 1.25 bits per heavy atom. The van der Waals surface area contributed by atoms with E-state index in [1.165, 1.54) is 0 Å². The molecule has 0 unspecified atom stereocenters. The molecule has 1 aromatic rings. The molecule has 2 heterocycles. The molecule has 5 nitrogen and oxygen atoms in total. The molecule has 2 aliphatic heterocycles. The molecule has 2 atom stereocenters. The van der Waals surface area contributed by atoms with Gasteiger partial charge in [-0.2, -0.15) is 0 Å². The largest absolute Gasteiger partial charge is 0.378 e. The summed E-state index contributed by atoms with van der Waals surface area (Å²) in [6.45, 7) is 4.36. The maximum Gasteiger partial charge on any atom is 0.255 e. The maximum atomic E-state index is 13.0. The van der Waals surface area contributed by atoms with E-state index in [-0.39, 0.29) is 17.2 Å². The molecule has 24 heavy (non-hydrogen) atoms. The van der Waals surface area contributed by atoms with Crippen molar-refractivity contribution >= 4 is 35.2 Å². The second-order valence-electron chi connectivity index (χ2n) is 5.87. The number of hydrogen-bond donors (Lipinski definition) is 0. The van der Waals surface area contributed by atoms with E-state index in [1.807, 2.05) is 11.8 Å². The molecule has 2 amide bonds. The average Bonchev–Trinajstić information content (AvgIpc) is 3.06. The molecule has 3 rings (SSSR count). The third-order valence-electron chi connectivity index (χ3n) is 4.38. The number of hydrogen-bond acceptors (Lipinski definition) is 4. The number of morpholine rings is 1. The summed E-state index contributed by atoms with van der Waals surface area (Å²) in [4.78, 5) is 29.5. The highest BCUT2D eigenvalue weighted by atomic mass is 35.5. The summed E-state index contributed by atoms with van der Waals surface area (Å²) in [6, 6.07) is 6.45. The predicted molar refractivity (Wildman–Crippen MR) is 95.3 cm³/mol. The van der Waals surface area contributed by atoms with Gasteiger partial charge in [-0.15, -0.1) is 11.8 Å². The Kier molecular flexibility index (Phi) is 5.69. The zero-order chi connectivity index (χ0) is 17.1. The lowest BCUT2D eigenvalue weighted by Gasteiger charge is -2.34. The van der Waals surface area contributed by atoms with Crippen LogP contribution in [0.1, 0.15) is 23.7 Å². The van der Waals surface area contributed by atoms with Crippen LogP contribution in [0.5, 0.6) is 0 Å². The van der Waals surface area contributed by atoms with Crippen molar-refractivity contribution in [3.63, 3.8) is 0 Å². The van der Waals surface area contributed by atoms with Gasteiger partial charge in [-0.1, -0.05) is 18.5 Å². The van der Waals surface area contributed by atoms with Gasteiger partial charge in [-0.3, -0.25) is 9.59 Å². The SMILES string of the molecule is CC[C@H]1SC[C@@H](C(=O)N2CCOCC2)N1C(=O)c1ccc(Cl)cc1. The van der Waals surface area contributed by atoms with Gasteiger partial charge in [0.2, 0.25) is 5.91 Å². The Hall–Kier alpha value is -1.24. The molecule has 0 saturated carbocycles. The van der Waals surface area contributed by atoms with E-state index in [2.05, 4.69) is 0 Å². The Morgan fingerprint density at radius 2 is 1.92 bits per heavy atom. The molecule has 0 spiro atoms. The zero-order valence-corrected chi connectivity index (χ0v) is 15.2. The number of carbonyl (C=O) groups is 2. The molecule has 0 aliphatic carbocycles. The van der Waals surface area contributed by atoms with Crippen molar-refractivity contribution in [2.75, 3.05) is 32.1 Å². The molecule has 0 bridgehead atoms. The van der Waals surface area contributed by atoms with Gasteiger partial charge in [-0.05, 0) is 30.7 Å². The van der Waals surface area contributed by atoms with Crippen LogP contribution in [0.15, 0.2) is 24.3 Å². The Labute approximate surface area is 151 Å². The van der Waals surface area contributed by atoms with Crippen molar-refractivity contribution in [1.82, 2.24) is 9.80 Å². The second kappa shape index (κ2) is 7.76. The molecular formula is C17H21ClN2O3S. The van der Waals surface area contributed by atoms with Crippen molar-refractivity contribution in [3.05, 3.63) is 34.9 Å². The van der Waals surface area contributed by atoms with E-state index >= 15 is 0 Å². The third-order valence-corrected chi connectivity index (χ3v) is 6.08. The van der Waals surface area contributed by atoms with Crippen LogP contribution in [0, 0.1) is 0 Å². The molecule has 2 saturated heterocycles. The van der Waals surface area contributed by atoms with E-state index in [9.17, 15) is 9.59 Å². The Bertz CT molecular complexity index is 604. The van der Waals surface area contributed by atoms with E-state index in [0.29, 0.717) is 42.6 Å². The summed E-state index contributed by atoms with van der Waals surface area (Å²) < 4.78 is 5.32. The van der Waals surface area contributed by atoms with Gasteiger partial charge in [0, 0.05) is 29.4 Å². The summed E-state index contributed by atoms with van der Waals surface area (Å²) in [6.07, 6.45) is 0.816. The van der Waals surface area contributed by atoms with Crippen LogP contribution >= 0.6 is 23.4 Å². The summed E-state index contributed by atoms with van der Waals surface area (Å²) in [7, 11) is 0. The first-order valence-electron chi connectivity index (χ1n) is 8.18. The molecule has 0 N–H and O–H groups in total. The first-order valence-corrected chi connectivity index (χ1v) is 9.61. The van der Waals surface area contributed by atoms with Crippen LogP contribution < -0.4 is 0 Å². The van der Waals surface area contributed by atoms with Crippen LogP contribution in [-0.2, 0) is 9.53 Å². The van der Waals surface area contributed by atoms with Crippen LogP contribution in [0.25, 0.3) is 0 Å². The molecule has 0 aromatic heterocycles. The highest BCUT2D eigenvalue weighted by molar-refractivity contribution is 8.00. The van der Waals surface area contributed by atoms with Crippen LogP contribution in [-0.4, -0.2) is 65.1 Å². The number of rotatable bonds is 3. The Morgan fingerprint density at radius 3 is 2.54 bits per heavy atom. The lowest BCUT2D eigenvalue weighted by atomic mass is 10.1. The Balaban J connectivity index is 1.81. The van der Waals surface area contributed by atoms with Gasteiger partial charge in [-0.25, -0.2) is 0 Å². The zero-order valence-electron chi connectivity index (χ0n) is 13.6. The minimum atomic E-state index is -0.402. The monoisotopic (exact) mass is 368 g/mol. The molecule has 2 aliphatic rings. The number of ether oxygens (including phenoxy) is 1. The number of carbonyl (C=O) groups excluding carboxylic acids is 2. The lowest BCUT2D eigenvalue weighted by molar-refractivity contribution is -0.139. The van der Waals surface area contributed by atoms with Crippen molar-refractivity contribution < 1.29 is 14.3 Å². The first-order chi connectivity index (χ1) is 11.6. The van der Waals surface area contributed by atoms with Crippen molar-refractivity contribution in [3.8, 4) is 0 Å². The van der Waals surface area contributed by atoms with Gasteiger partial charge in [0.05, 0.1) is 18.6 Å². The van der Waals surface area contributed by atoms with Gasteiger partial charge >= 0.3 is 0 Å². The fourth-order valence-corrected chi connectivity index (χ4v) is 4.55. The van der Waals surface area contributed by atoms with Gasteiger partial charge in [0.25, 0.3) is 5.91 Å². The van der Waals surface area contributed by atoms with Crippen LogP contribution in [0.3, 0.4) is 0 Å². The summed E-state index contributed by atoms with van der Waals surface area (Å²) in [5, 5.41) is 0.624. The number of amides is 2. The van der Waals surface area contributed by atoms with Gasteiger partial charge in [0.1, 0.15) is 6.04 Å². The highest BCUT2D eigenvalue weighted by Crippen LogP contribution is 2.33. The molecule has 0 radical (unpaired) electrons. The molecule has 7 heteroatoms. The topological polar surface area (TPSA) is 49.9 Å². The summed E-state index contributed by atoms with van der Waals surface area (Å²) in [5.74, 6) is 0.577. The lowest BCUT2D eigenvalue weighted by Crippen LogP contribution is -2.53. The third kappa shape index (κ3) is 3.55.